The summed E-state index contributed by atoms with van der Waals surface area (Å²) in [6, 6.07) is 0. The summed E-state index contributed by atoms with van der Waals surface area (Å²) in [4.78, 5) is 12.7. The number of amides is 1. The standard InChI is InChI=1S/C8H16N2O3/c1-2-13-7-5-10(4-6(7)11)8(12)3-9/h6-7,11H,2-5,9H2,1H3/t6-,7+/m0/s1. The van der Waals surface area contributed by atoms with E-state index in [0.717, 1.165) is 0 Å². The third-order valence-electron chi connectivity index (χ3n) is 2.15. The molecular weight excluding hydrogens is 172 g/mol. The lowest BCUT2D eigenvalue weighted by molar-refractivity contribution is -0.129. The third kappa shape index (κ3) is 2.40. The van der Waals surface area contributed by atoms with E-state index in [-0.39, 0.29) is 18.6 Å². The van der Waals surface area contributed by atoms with E-state index in [0.29, 0.717) is 19.7 Å². The molecule has 76 valence electrons. The van der Waals surface area contributed by atoms with Gasteiger partial charge in [-0.3, -0.25) is 4.79 Å². The molecular formula is C8H16N2O3. The molecule has 0 spiro atoms. The van der Waals surface area contributed by atoms with E-state index < -0.39 is 6.10 Å². The molecule has 0 saturated carbocycles. The first-order valence-electron chi connectivity index (χ1n) is 4.46. The Balaban J connectivity index is 2.44. The molecule has 1 aliphatic rings. The molecule has 13 heavy (non-hydrogen) atoms. The van der Waals surface area contributed by atoms with Gasteiger partial charge >= 0.3 is 0 Å². The van der Waals surface area contributed by atoms with Crippen LogP contribution in [0.1, 0.15) is 6.92 Å². The van der Waals surface area contributed by atoms with Crippen molar-refractivity contribution >= 4 is 5.91 Å². The van der Waals surface area contributed by atoms with Gasteiger partial charge in [-0.1, -0.05) is 0 Å². The first-order valence-corrected chi connectivity index (χ1v) is 4.46. The molecule has 0 radical (unpaired) electrons. The predicted octanol–water partition coefficient (Wildman–Crippen LogP) is -1.45. The smallest absolute Gasteiger partial charge is 0.236 e. The van der Waals surface area contributed by atoms with E-state index in [2.05, 4.69) is 0 Å². The second-order valence-electron chi connectivity index (χ2n) is 3.06. The fourth-order valence-electron chi connectivity index (χ4n) is 1.47. The zero-order valence-electron chi connectivity index (χ0n) is 7.77. The summed E-state index contributed by atoms with van der Waals surface area (Å²) in [5.74, 6) is -0.138. The van der Waals surface area contributed by atoms with Crippen LogP contribution in [0.2, 0.25) is 0 Å². The van der Waals surface area contributed by atoms with Crippen LogP contribution in [0.4, 0.5) is 0 Å². The fraction of sp³-hybridized carbons (Fsp3) is 0.875. The van der Waals surface area contributed by atoms with Crippen molar-refractivity contribution in [3.63, 3.8) is 0 Å². The number of carbonyl (C=O) groups is 1. The molecule has 0 aromatic heterocycles. The molecule has 5 nitrogen and oxygen atoms in total. The molecule has 1 rings (SSSR count). The number of likely N-dealkylation sites (tertiary alicyclic amines) is 1. The van der Waals surface area contributed by atoms with Gasteiger partial charge in [0, 0.05) is 19.7 Å². The maximum absolute atomic E-state index is 11.1. The summed E-state index contributed by atoms with van der Waals surface area (Å²) in [5, 5.41) is 9.48. The van der Waals surface area contributed by atoms with Crippen LogP contribution in [0.3, 0.4) is 0 Å². The number of ether oxygens (including phenoxy) is 1. The van der Waals surface area contributed by atoms with Gasteiger partial charge in [0.2, 0.25) is 5.91 Å². The highest BCUT2D eigenvalue weighted by atomic mass is 16.5. The molecule has 0 unspecified atom stereocenters. The summed E-state index contributed by atoms with van der Waals surface area (Å²) in [6.45, 7) is 3.18. The van der Waals surface area contributed by atoms with Crippen molar-refractivity contribution in [2.45, 2.75) is 19.1 Å². The number of aliphatic hydroxyl groups is 1. The van der Waals surface area contributed by atoms with Crippen molar-refractivity contribution in [1.29, 1.82) is 0 Å². The van der Waals surface area contributed by atoms with E-state index in [9.17, 15) is 9.90 Å². The average molecular weight is 188 g/mol. The molecule has 0 aliphatic carbocycles. The average Bonchev–Trinajstić information content (AvgIpc) is 2.47. The Morgan fingerprint density at radius 2 is 2.38 bits per heavy atom. The molecule has 1 amide bonds. The van der Waals surface area contributed by atoms with Crippen LogP contribution in [0, 0.1) is 0 Å². The van der Waals surface area contributed by atoms with Gasteiger partial charge in [0.05, 0.1) is 12.6 Å². The highest BCUT2D eigenvalue weighted by Crippen LogP contribution is 2.13. The van der Waals surface area contributed by atoms with Gasteiger partial charge in [0.1, 0.15) is 6.10 Å². The number of rotatable bonds is 3. The Hall–Kier alpha value is -0.650. The highest BCUT2D eigenvalue weighted by molar-refractivity contribution is 5.78. The molecule has 0 aromatic carbocycles. The van der Waals surface area contributed by atoms with E-state index in [1.807, 2.05) is 6.92 Å². The van der Waals surface area contributed by atoms with Gasteiger partial charge in [-0.05, 0) is 6.92 Å². The number of aliphatic hydroxyl groups excluding tert-OH is 1. The van der Waals surface area contributed by atoms with Crippen LogP contribution in [0.15, 0.2) is 0 Å². The lowest BCUT2D eigenvalue weighted by Gasteiger charge is -2.14. The van der Waals surface area contributed by atoms with Gasteiger partial charge in [0.15, 0.2) is 0 Å². The quantitative estimate of drug-likeness (QED) is 0.568. The van der Waals surface area contributed by atoms with Crippen molar-refractivity contribution < 1.29 is 14.6 Å². The maximum Gasteiger partial charge on any atom is 0.236 e. The Bertz CT molecular complexity index is 186. The molecule has 1 saturated heterocycles. The van der Waals surface area contributed by atoms with Crippen molar-refractivity contribution in [2.24, 2.45) is 5.73 Å². The van der Waals surface area contributed by atoms with Crippen LogP contribution < -0.4 is 5.73 Å². The van der Waals surface area contributed by atoms with E-state index in [1.165, 1.54) is 4.90 Å². The van der Waals surface area contributed by atoms with Gasteiger partial charge in [-0.2, -0.15) is 0 Å². The molecule has 1 aliphatic heterocycles. The van der Waals surface area contributed by atoms with Crippen molar-refractivity contribution in [3.8, 4) is 0 Å². The minimum atomic E-state index is -0.574. The number of carbonyl (C=O) groups excluding carboxylic acids is 1. The monoisotopic (exact) mass is 188 g/mol. The molecule has 3 N–H and O–H groups in total. The summed E-state index contributed by atoms with van der Waals surface area (Å²) in [6.07, 6.45) is -0.823. The number of β-amino-alcohol motifs (C(OH)–C–C–N with tert-alkyl or cyclic N) is 1. The van der Waals surface area contributed by atoms with Crippen LogP contribution >= 0.6 is 0 Å². The van der Waals surface area contributed by atoms with Gasteiger partial charge < -0.3 is 20.5 Å². The highest BCUT2D eigenvalue weighted by Gasteiger charge is 2.33. The lowest BCUT2D eigenvalue weighted by Crippen LogP contribution is -2.35. The minimum absolute atomic E-state index is 0.00837. The van der Waals surface area contributed by atoms with E-state index >= 15 is 0 Å². The number of nitrogens with two attached hydrogens (primary N) is 1. The van der Waals surface area contributed by atoms with Crippen LogP contribution in [-0.2, 0) is 9.53 Å². The largest absolute Gasteiger partial charge is 0.388 e. The van der Waals surface area contributed by atoms with Crippen molar-refractivity contribution in [3.05, 3.63) is 0 Å². The minimum Gasteiger partial charge on any atom is -0.388 e. The zero-order chi connectivity index (χ0) is 9.84. The summed E-state index contributed by atoms with van der Waals surface area (Å²) >= 11 is 0. The maximum atomic E-state index is 11.1. The first kappa shape index (κ1) is 10.4. The molecule has 2 atom stereocenters. The SMILES string of the molecule is CCO[C@@H]1CN(C(=O)CN)C[C@@H]1O. The van der Waals surface area contributed by atoms with Gasteiger partial charge in [0.25, 0.3) is 0 Å². The zero-order valence-corrected chi connectivity index (χ0v) is 7.77. The van der Waals surface area contributed by atoms with Crippen LogP contribution in [0.25, 0.3) is 0 Å². The Morgan fingerprint density at radius 3 is 2.92 bits per heavy atom. The second kappa shape index (κ2) is 4.55. The van der Waals surface area contributed by atoms with E-state index in [4.69, 9.17) is 10.5 Å². The third-order valence-corrected chi connectivity index (χ3v) is 2.15. The summed E-state index contributed by atoms with van der Waals surface area (Å²) < 4.78 is 5.26. The van der Waals surface area contributed by atoms with Crippen molar-refractivity contribution in [1.82, 2.24) is 4.90 Å². The number of hydrogen-bond acceptors (Lipinski definition) is 4. The Kier molecular flexibility index (Phi) is 3.65. The first-order chi connectivity index (χ1) is 6.19. The topological polar surface area (TPSA) is 75.8 Å². The Morgan fingerprint density at radius 1 is 1.69 bits per heavy atom. The molecule has 1 fully saturated rings. The normalized spacial score (nSPS) is 28.1. The van der Waals surface area contributed by atoms with Crippen LogP contribution in [-0.4, -0.2) is 54.4 Å². The van der Waals surface area contributed by atoms with Gasteiger partial charge in [-0.25, -0.2) is 0 Å². The summed E-state index contributed by atoms with van der Waals surface area (Å²) in [7, 11) is 0. The number of nitrogens with zero attached hydrogens (tertiary/aromatic N) is 1. The molecule has 0 bridgehead atoms. The fourth-order valence-corrected chi connectivity index (χ4v) is 1.47. The second-order valence-corrected chi connectivity index (χ2v) is 3.06. The molecule has 0 aromatic rings. The van der Waals surface area contributed by atoms with Crippen molar-refractivity contribution in [2.75, 3.05) is 26.2 Å². The van der Waals surface area contributed by atoms with Gasteiger partial charge in [-0.15, -0.1) is 0 Å². The Labute approximate surface area is 77.5 Å². The molecule has 1 heterocycles. The predicted molar refractivity (Wildman–Crippen MR) is 47.1 cm³/mol. The lowest BCUT2D eigenvalue weighted by atomic mass is 10.3. The van der Waals surface area contributed by atoms with Crippen LogP contribution in [0.5, 0.6) is 0 Å². The van der Waals surface area contributed by atoms with E-state index in [1.54, 1.807) is 0 Å². The number of hydrogen-bond donors (Lipinski definition) is 2. The summed E-state index contributed by atoms with van der Waals surface area (Å²) in [5.41, 5.74) is 5.20. The molecule has 5 heteroatoms.